The van der Waals surface area contributed by atoms with Crippen molar-refractivity contribution in [3.8, 4) is 0 Å². The Kier molecular flexibility index (Phi) is 3.19. The zero-order valence-corrected chi connectivity index (χ0v) is 10.3. The summed E-state index contributed by atoms with van der Waals surface area (Å²) in [5, 5.41) is 6.48. The number of hydrogen-bond donors (Lipinski definition) is 2. The standard InChI is InChI=1S/C14H22N2O/c17-14-13(3-1-2-6-15-14)16-9-12-8-10-4-5-11(12)7-10/h4-5,10-13,16H,1-3,6-9H2,(H,15,17). The van der Waals surface area contributed by atoms with Crippen LogP contribution in [0.1, 0.15) is 32.1 Å². The molecule has 3 nitrogen and oxygen atoms in total. The number of fused-ring (bicyclic) bond motifs is 2. The highest BCUT2D eigenvalue weighted by atomic mass is 16.2. The van der Waals surface area contributed by atoms with Crippen LogP contribution in [0.3, 0.4) is 0 Å². The number of carbonyl (C=O) groups excluding carboxylic acids is 1. The van der Waals surface area contributed by atoms with Crippen molar-refractivity contribution in [2.75, 3.05) is 13.1 Å². The molecule has 2 bridgehead atoms. The lowest BCUT2D eigenvalue weighted by Gasteiger charge is -2.22. The van der Waals surface area contributed by atoms with E-state index in [9.17, 15) is 4.79 Å². The third-order valence-corrected chi connectivity index (χ3v) is 4.58. The van der Waals surface area contributed by atoms with Gasteiger partial charge in [0.15, 0.2) is 0 Å². The zero-order valence-electron chi connectivity index (χ0n) is 10.3. The first kappa shape index (κ1) is 11.3. The first-order valence-electron chi connectivity index (χ1n) is 7.02. The van der Waals surface area contributed by atoms with Gasteiger partial charge in [0.1, 0.15) is 0 Å². The van der Waals surface area contributed by atoms with Crippen molar-refractivity contribution in [1.29, 1.82) is 0 Å². The highest BCUT2D eigenvalue weighted by molar-refractivity contribution is 5.81. The lowest BCUT2D eigenvalue weighted by atomic mass is 9.93. The molecule has 0 aromatic carbocycles. The Labute approximate surface area is 103 Å². The average Bonchev–Trinajstić information content (AvgIpc) is 2.88. The van der Waals surface area contributed by atoms with Gasteiger partial charge < -0.3 is 10.6 Å². The first-order chi connectivity index (χ1) is 8.33. The molecule has 4 unspecified atom stereocenters. The molecule has 1 aliphatic heterocycles. The van der Waals surface area contributed by atoms with Crippen molar-refractivity contribution in [2.45, 2.75) is 38.1 Å². The summed E-state index contributed by atoms with van der Waals surface area (Å²) in [6.45, 7) is 1.87. The summed E-state index contributed by atoms with van der Waals surface area (Å²) in [7, 11) is 0. The summed E-state index contributed by atoms with van der Waals surface area (Å²) >= 11 is 0. The largest absolute Gasteiger partial charge is 0.355 e. The maximum atomic E-state index is 11.8. The molecule has 1 amide bonds. The first-order valence-corrected chi connectivity index (χ1v) is 7.02. The van der Waals surface area contributed by atoms with Gasteiger partial charge in [-0.2, -0.15) is 0 Å². The minimum absolute atomic E-state index is 0.0561. The van der Waals surface area contributed by atoms with E-state index in [1.54, 1.807) is 0 Å². The van der Waals surface area contributed by atoms with E-state index in [2.05, 4.69) is 22.8 Å². The molecule has 0 aromatic rings. The fourth-order valence-corrected chi connectivity index (χ4v) is 3.56. The number of carbonyl (C=O) groups is 1. The monoisotopic (exact) mass is 234 g/mol. The molecule has 94 valence electrons. The van der Waals surface area contributed by atoms with Crippen molar-refractivity contribution in [3.63, 3.8) is 0 Å². The zero-order chi connectivity index (χ0) is 11.7. The second-order valence-electron chi connectivity index (χ2n) is 5.79. The Hall–Kier alpha value is -0.830. The Balaban J connectivity index is 1.50. The van der Waals surface area contributed by atoms with Crippen LogP contribution in [-0.4, -0.2) is 25.0 Å². The van der Waals surface area contributed by atoms with Crippen LogP contribution in [0.25, 0.3) is 0 Å². The van der Waals surface area contributed by atoms with Crippen LogP contribution in [0, 0.1) is 17.8 Å². The van der Waals surface area contributed by atoms with Crippen molar-refractivity contribution in [3.05, 3.63) is 12.2 Å². The fraction of sp³-hybridized carbons (Fsp3) is 0.786. The maximum Gasteiger partial charge on any atom is 0.237 e. The van der Waals surface area contributed by atoms with Gasteiger partial charge in [0.25, 0.3) is 0 Å². The number of amides is 1. The van der Waals surface area contributed by atoms with Crippen LogP contribution in [0.4, 0.5) is 0 Å². The lowest BCUT2D eigenvalue weighted by molar-refractivity contribution is -0.122. The van der Waals surface area contributed by atoms with E-state index in [0.29, 0.717) is 0 Å². The van der Waals surface area contributed by atoms with Gasteiger partial charge in [0.05, 0.1) is 6.04 Å². The van der Waals surface area contributed by atoms with E-state index in [-0.39, 0.29) is 11.9 Å². The molecule has 1 saturated heterocycles. The van der Waals surface area contributed by atoms with Crippen molar-refractivity contribution in [1.82, 2.24) is 10.6 Å². The predicted molar refractivity (Wildman–Crippen MR) is 67.5 cm³/mol. The van der Waals surface area contributed by atoms with Crippen LogP contribution in [0.15, 0.2) is 12.2 Å². The minimum atomic E-state index is 0.0561. The molecule has 3 rings (SSSR count). The summed E-state index contributed by atoms with van der Waals surface area (Å²) in [5.41, 5.74) is 0. The van der Waals surface area contributed by atoms with Gasteiger partial charge in [-0.15, -0.1) is 0 Å². The second-order valence-corrected chi connectivity index (χ2v) is 5.79. The summed E-state index contributed by atoms with van der Waals surface area (Å²) in [6.07, 6.45) is 10.7. The number of hydrogen-bond acceptors (Lipinski definition) is 2. The molecule has 3 heteroatoms. The molecular weight excluding hydrogens is 212 g/mol. The molecule has 0 spiro atoms. The van der Waals surface area contributed by atoms with E-state index in [0.717, 1.165) is 50.1 Å². The van der Waals surface area contributed by atoms with Gasteiger partial charge in [-0.25, -0.2) is 0 Å². The van der Waals surface area contributed by atoms with Gasteiger partial charge in [0.2, 0.25) is 5.91 Å². The average molecular weight is 234 g/mol. The molecule has 17 heavy (non-hydrogen) atoms. The van der Waals surface area contributed by atoms with Crippen LogP contribution in [-0.2, 0) is 4.79 Å². The summed E-state index contributed by atoms with van der Waals surface area (Å²) < 4.78 is 0. The molecule has 3 aliphatic rings. The number of rotatable bonds is 3. The minimum Gasteiger partial charge on any atom is -0.355 e. The molecule has 0 radical (unpaired) electrons. The fourth-order valence-electron chi connectivity index (χ4n) is 3.56. The van der Waals surface area contributed by atoms with Crippen LogP contribution >= 0.6 is 0 Å². The Morgan fingerprint density at radius 1 is 1.29 bits per heavy atom. The SMILES string of the molecule is O=C1NCCCCC1NCC1CC2C=CC1C2. The topological polar surface area (TPSA) is 41.1 Å². The smallest absolute Gasteiger partial charge is 0.237 e. The van der Waals surface area contributed by atoms with Crippen LogP contribution in [0.5, 0.6) is 0 Å². The Bertz CT molecular complexity index is 326. The van der Waals surface area contributed by atoms with Crippen LogP contribution < -0.4 is 10.6 Å². The molecule has 1 heterocycles. The lowest BCUT2D eigenvalue weighted by Crippen LogP contribution is -2.44. The third kappa shape index (κ3) is 2.39. The van der Waals surface area contributed by atoms with Gasteiger partial charge in [-0.3, -0.25) is 4.79 Å². The van der Waals surface area contributed by atoms with Gasteiger partial charge in [-0.05, 0) is 56.4 Å². The van der Waals surface area contributed by atoms with E-state index >= 15 is 0 Å². The molecule has 4 atom stereocenters. The van der Waals surface area contributed by atoms with Crippen LogP contribution in [0.2, 0.25) is 0 Å². The van der Waals surface area contributed by atoms with Crippen molar-refractivity contribution >= 4 is 5.91 Å². The van der Waals surface area contributed by atoms with Gasteiger partial charge in [-0.1, -0.05) is 12.2 Å². The molecule has 1 saturated carbocycles. The molecule has 2 fully saturated rings. The predicted octanol–water partition coefficient (Wildman–Crippen LogP) is 1.46. The Morgan fingerprint density at radius 2 is 2.24 bits per heavy atom. The maximum absolute atomic E-state index is 11.8. The molecule has 0 aromatic heterocycles. The summed E-state index contributed by atoms with van der Waals surface area (Å²) in [4.78, 5) is 11.8. The quantitative estimate of drug-likeness (QED) is 0.726. The molecular formula is C14H22N2O. The Morgan fingerprint density at radius 3 is 3.00 bits per heavy atom. The number of nitrogens with one attached hydrogen (secondary N) is 2. The summed E-state index contributed by atoms with van der Waals surface area (Å²) in [6, 6.07) is 0.0561. The number of allylic oxidation sites excluding steroid dienone is 2. The van der Waals surface area contributed by atoms with Gasteiger partial charge in [0, 0.05) is 6.54 Å². The second kappa shape index (κ2) is 4.81. The van der Waals surface area contributed by atoms with Crippen molar-refractivity contribution < 1.29 is 4.79 Å². The normalized spacial score (nSPS) is 40.4. The highest BCUT2D eigenvalue weighted by Gasteiger charge is 2.35. The van der Waals surface area contributed by atoms with E-state index in [1.807, 2.05) is 0 Å². The third-order valence-electron chi connectivity index (χ3n) is 4.58. The molecule has 2 aliphatic carbocycles. The van der Waals surface area contributed by atoms with E-state index in [4.69, 9.17) is 0 Å². The van der Waals surface area contributed by atoms with Gasteiger partial charge >= 0.3 is 0 Å². The summed E-state index contributed by atoms with van der Waals surface area (Å²) in [5.74, 6) is 2.58. The van der Waals surface area contributed by atoms with E-state index in [1.165, 1.54) is 12.8 Å². The van der Waals surface area contributed by atoms with Crippen molar-refractivity contribution in [2.24, 2.45) is 17.8 Å². The molecule has 2 N–H and O–H groups in total. The highest BCUT2D eigenvalue weighted by Crippen LogP contribution is 2.42. The van der Waals surface area contributed by atoms with E-state index < -0.39 is 0 Å².